The van der Waals surface area contributed by atoms with E-state index < -0.39 is 5.97 Å². The molecule has 1 aliphatic rings. The van der Waals surface area contributed by atoms with Crippen molar-refractivity contribution in [1.82, 2.24) is 4.90 Å². The lowest BCUT2D eigenvalue weighted by atomic mass is 10.3. The largest absolute Gasteiger partial charge is 0.480 e. The second-order valence-corrected chi connectivity index (χ2v) is 3.90. The smallest absolute Gasteiger partial charge is 0.317 e. The first kappa shape index (κ1) is 12.8. The van der Waals surface area contributed by atoms with Crippen LogP contribution >= 0.6 is 11.8 Å². The molecule has 0 aromatic carbocycles. The third-order valence-electron chi connectivity index (χ3n) is 1.87. The van der Waals surface area contributed by atoms with E-state index in [2.05, 4.69) is 11.8 Å². The molecule has 1 atom stereocenters. The van der Waals surface area contributed by atoms with Gasteiger partial charge in [0.1, 0.15) is 5.25 Å². The van der Waals surface area contributed by atoms with Gasteiger partial charge < -0.3 is 10.0 Å². The Morgan fingerprint density at radius 2 is 2.23 bits per heavy atom. The average Bonchev–Trinajstić information content (AvgIpc) is 2.21. The van der Waals surface area contributed by atoms with Crippen LogP contribution in [0.15, 0.2) is 0 Å². The molecule has 0 radical (unpaired) electrons. The van der Waals surface area contributed by atoms with E-state index in [1.807, 2.05) is 13.8 Å². The van der Waals surface area contributed by atoms with Gasteiger partial charge in [-0.2, -0.15) is 0 Å². The lowest BCUT2D eigenvalue weighted by Crippen LogP contribution is -2.41. The van der Waals surface area contributed by atoms with Gasteiger partial charge in [0.2, 0.25) is 0 Å². The maximum atomic E-state index is 10.6. The number of hydrogen-bond donors (Lipinski definition) is 1. The number of thioether (sulfide) groups is 1. The summed E-state index contributed by atoms with van der Waals surface area (Å²) in [5, 5.41) is 8.50. The Morgan fingerprint density at radius 1 is 1.62 bits per heavy atom. The zero-order valence-electron chi connectivity index (χ0n) is 8.62. The molecule has 0 saturated carbocycles. The minimum atomic E-state index is -0.673. The Labute approximate surface area is 84.5 Å². The topological polar surface area (TPSA) is 40.5 Å². The molecular formula is C9H19NO2S. The fourth-order valence-electron chi connectivity index (χ4n) is 1.14. The highest BCUT2D eigenvalue weighted by Gasteiger charge is 2.24. The summed E-state index contributed by atoms with van der Waals surface area (Å²) in [7, 11) is 0. The number of nitrogens with zero attached hydrogens (tertiary/aromatic N) is 1. The first-order valence-electron chi connectivity index (χ1n) is 4.80. The van der Waals surface area contributed by atoms with E-state index in [4.69, 9.17) is 5.11 Å². The van der Waals surface area contributed by atoms with Crippen LogP contribution in [0.25, 0.3) is 0 Å². The maximum Gasteiger partial charge on any atom is 0.317 e. The van der Waals surface area contributed by atoms with E-state index in [1.54, 1.807) is 11.8 Å². The van der Waals surface area contributed by atoms with Crippen molar-refractivity contribution in [1.29, 1.82) is 0 Å². The van der Waals surface area contributed by atoms with Crippen LogP contribution < -0.4 is 0 Å². The van der Waals surface area contributed by atoms with Crippen molar-refractivity contribution in [2.45, 2.75) is 26.0 Å². The lowest BCUT2D eigenvalue weighted by Gasteiger charge is -2.28. The molecule has 1 heterocycles. The second kappa shape index (κ2) is 7.21. The number of hydrogen-bond acceptors (Lipinski definition) is 3. The Bertz CT molecular complexity index is 153. The molecule has 3 nitrogen and oxygen atoms in total. The van der Waals surface area contributed by atoms with E-state index >= 15 is 0 Å². The van der Waals surface area contributed by atoms with E-state index in [1.165, 1.54) is 0 Å². The highest BCUT2D eigenvalue weighted by molar-refractivity contribution is 8.00. The minimum Gasteiger partial charge on any atom is -0.480 e. The molecule has 4 heteroatoms. The summed E-state index contributed by atoms with van der Waals surface area (Å²) < 4.78 is 0. The van der Waals surface area contributed by atoms with Gasteiger partial charge in [-0.1, -0.05) is 20.8 Å². The molecule has 1 saturated heterocycles. The molecule has 1 aliphatic heterocycles. The van der Waals surface area contributed by atoms with E-state index in [0.29, 0.717) is 6.54 Å². The van der Waals surface area contributed by atoms with Crippen LogP contribution in [0.4, 0.5) is 0 Å². The number of carboxylic acids is 1. The number of rotatable bonds is 2. The molecule has 0 bridgehead atoms. The maximum absolute atomic E-state index is 10.6. The molecule has 78 valence electrons. The highest BCUT2D eigenvalue weighted by Crippen LogP contribution is 2.17. The molecule has 0 amide bonds. The molecule has 1 N–H and O–H groups in total. The standard InChI is InChI=1S/C7H13NO2S.C2H6/c1-2-8-3-4-11-6(5-8)7(9)10;1-2/h6H,2-5H2,1H3,(H,9,10);1-2H3. The van der Waals surface area contributed by atoms with Gasteiger partial charge in [-0.15, -0.1) is 11.8 Å². The van der Waals surface area contributed by atoms with Crippen molar-refractivity contribution in [2.75, 3.05) is 25.4 Å². The summed E-state index contributed by atoms with van der Waals surface area (Å²) in [6.07, 6.45) is 0. The summed E-state index contributed by atoms with van der Waals surface area (Å²) in [4.78, 5) is 12.7. The van der Waals surface area contributed by atoms with Crippen LogP contribution in [0.3, 0.4) is 0 Å². The van der Waals surface area contributed by atoms with Crippen LogP contribution in [-0.2, 0) is 4.79 Å². The first-order valence-corrected chi connectivity index (χ1v) is 5.85. The highest BCUT2D eigenvalue weighted by atomic mass is 32.2. The summed E-state index contributed by atoms with van der Waals surface area (Å²) in [5.41, 5.74) is 0. The van der Waals surface area contributed by atoms with Crippen LogP contribution in [0.5, 0.6) is 0 Å². The predicted molar refractivity (Wildman–Crippen MR) is 57.3 cm³/mol. The third-order valence-corrected chi connectivity index (χ3v) is 3.04. The average molecular weight is 205 g/mol. The molecule has 0 aliphatic carbocycles. The number of carbonyl (C=O) groups is 1. The third kappa shape index (κ3) is 4.52. The minimum absolute atomic E-state index is 0.205. The Kier molecular flexibility index (Phi) is 7.09. The predicted octanol–water partition coefficient (Wildman–Crippen LogP) is 1.53. The van der Waals surface area contributed by atoms with Gasteiger partial charge in [0, 0.05) is 18.8 Å². The van der Waals surface area contributed by atoms with Crippen molar-refractivity contribution in [2.24, 2.45) is 0 Å². The fraction of sp³-hybridized carbons (Fsp3) is 0.889. The summed E-state index contributed by atoms with van der Waals surface area (Å²) >= 11 is 1.55. The van der Waals surface area contributed by atoms with Gasteiger partial charge in [-0.25, -0.2) is 0 Å². The van der Waals surface area contributed by atoms with Gasteiger partial charge >= 0.3 is 5.97 Å². The van der Waals surface area contributed by atoms with Crippen LogP contribution in [-0.4, -0.2) is 46.6 Å². The zero-order valence-corrected chi connectivity index (χ0v) is 9.43. The second-order valence-electron chi connectivity index (χ2n) is 2.59. The van der Waals surface area contributed by atoms with Crippen molar-refractivity contribution in [3.63, 3.8) is 0 Å². The molecule has 0 spiro atoms. The monoisotopic (exact) mass is 205 g/mol. The van der Waals surface area contributed by atoms with Gasteiger partial charge in [-0.05, 0) is 6.54 Å². The van der Waals surface area contributed by atoms with Crippen molar-refractivity contribution in [3.05, 3.63) is 0 Å². The van der Waals surface area contributed by atoms with Crippen LogP contribution in [0.2, 0.25) is 0 Å². The van der Waals surface area contributed by atoms with Crippen LogP contribution in [0, 0.1) is 0 Å². The molecule has 1 unspecified atom stereocenters. The van der Waals surface area contributed by atoms with Crippen molar-refractivity contribution < 1.29 is 9.90 Å². The normalized spacial score (nSPS) is 23.2. The van der Waals surface area contributed by atoms with Gasteiger partial charge in [0.25, 0.3) is 0 Å². The SMILES string of the molecule is CC.CCN1CCSC(C(=O)O)C1. The quantitative estimate of drug-likeness (QED) is 0.742. The Balaban J connectivity index is 0.000000671. The molecule has 1 rings (SSSR count). The Morgan fingerprint density at radius 3 is 2.69 bits per heavy atom. The fourth-order valence-corrected chi connectivity index (χ4v) is 2.25. The molecule has 0 aromatic rings. The molecule has 13 heavy (non-hydrogen) atoms. The lowest BCUT2D eigenvalue weighted by molar-refractivity contribution is -0.136. The first-order chi connectivity index (χ1) is 6.24. The summed E-state index contributed by atoms with van der Waals surface area (Å²) in [5.74, 6) is 0.276. The Hall–Kier alpha value is -0.220. The van der Waals surface area contributed by atoms with Gasteiger partial charge in [0.15, 0.2) is 0 Å². The number of aliphatic carboxylic acids is 1. The van der Waals surface area contributed by atoms with Gasteiger partial charge in [-0.3, -0.25) is 4.79 Å². The zero-order chi connectivity index (χ0) is 10.3. The molecular weight excluding hydrogens is 186 g/mol. The van der Waals surface area contributed by atoms with E-state index in [9.17, 15) is 4.79 Å². The van der Waals surface area contributed by atoms with E-state index in [0.717, 1.165) is 18.8 Å². The summed E-state index contributed by atoms with van der Waals surface area (Å²) in [6.45, 7) is 8.76. The van der Waals surface area contributed by atoms with Crippen LogP contribution in [0.1, 0.15) is 20.8 Å². The molecule has 1 fully saturated rings. The van der Waals surface area contributed by atoms with E-state index in [-0.39, 0.29) is 5.25 Å². The summed E-state index contributed by atoms with van der Waals surface area (Å²) in [6, 6.07) is 0. The van der Waals surface area contributed by atoms with Gasteiger partial charge in [0.05, 0.1) is 0 Å². The number of carboxylic acid groups (broad SMARTS) is 1. The van der Waals surface area contributed by atoms with Crippen molar-refractivity contribution in [3.8, 4) is 0 Å². The van der Waals surface area contributed by atoms with Crippen molar-refractivity contribution >= 4 is 17.7 Å². The molecule has 0 aromatic heterocycles.